The molecule has 1 N–H and O–H groups in total. The molecule has 0 aliphatic carbocycles. The third-order valence-corrected chi connectivity index (χ3v) is 2.60. The highest BCUT2D eigenvalue weighted by Crippen LogP contribution is 2.31. The quantitative estimate of drug-likeness (QED) is 0.818. The van der Waals surface area contributed by atoms with E-state index < -0.39 is 17.6 Å². The molecule has 0 saturated heterocycles. The molecule has 5 heteroatoms. The summed E-state index contributed by atoms with van der Waals surface area (Å²) >= 11 is 0. The van der Waals surface area contributed by atoms with E-state index in [0.29, 0.717) is 6.42 Å². The fourth-order valence-electron chi connectivity index (χ4n) is 1.76. The fourth-order valence-corrected chi connectivity index (χ4v) is 1.76. The first-order valence-electron chi connectivity index (χ1n) is 5.90. The summed E-state index contributed by atoms with van der Waals surface area (Å²) in [5, 5.41) is 2.63. The zero-order valence-electron chi connectivity index (χ0n) is 10.6. The van der Waals surface area contributed by atoms with Crippen molar-refractivity contribution in [2.24, 2.45) is 0 Å². The van der Waals surface area contributed by atoms with E-state index in [0.717, 1.165) is 6.07 Å². The van der Waals surface area contributed by atoms with Gasteiger partial charge in [-0.2, -0.15) is 13.2 Å². The second kappa shape index (κ2) is 6.41. The van der Waals surface area contributed by atoms with E-state index in [1.54, 1.807) is 13.0 Å². The van der Waals surface area contributed by atoms with Gasteiger partial charge < -0.3 is 5.32 Å². The number of carbonyl (C=O) groups is 1. The molecule has 1 aromatic rings. The molecule has 1 rings (SSSR count). The summed E-state index contributed by atoms with van der Waals surface area (Å²) in [5.74, 6) is -0.425. The van der Waals surface area contributed by atoms with Crippen LogP contribution in [0.1, 0.15) is 24.5 Å². The van der Waals surface area contributed by atoms with Crippen LogP contribution in [0.3, 0.4) is 0 Å². The molecule has 0 radical (unpaired) electrons. The molecule has 0 bridgehead atoms. The van der Waals surface area contributed by atoms with Gasteiger partial charge in [0.05, 0.1) is 12.0 Å². The maximum atomic E-state index is 12.7. The molecule has 1 aromatic carbocycles. The number of nitrogens with one attached hydrogen (secondary N) is 1. The van der Waals surface area contributed by atoms with Crippen molar-refractivity contribution in [3.8, 4) is 0 Å². The Kier molecular flexibility index (Phi) is 5.15. The topological polar surface area (TPSA) is 29.1 Å². The molecule has 0 saturated carbocycles. The van der Waals surface area contributed by atoms with E-state index in [-0.39, 0.29) is 18.0 Å². The minimum Gasteiger partial charge on any atom is -0.353 e. The zero-order valence-corrected chi connectivity index (χ0v) is 10.6. The van der Waals surface area contributed by atoms with Crippen LogP contribution in [-0.2, 0) is 17.4 Å². The second-order valence-electron chi connectivity index (χ2n) is 4.32. The Morgan fingerprint density at radius 2 is 2.05 bits per heavy atom. The van der Waals surface area contributed by atoms with Gasteiger partial charge in [-0.15, -0.1) is 6.58 Å². The van der Waals surface area contributed by atoms with Gasteiger partial charge in [-0.25, -0.2) is 0 Å². The smallest absolute Gasteiger partial charge is 0.353 e. The molecule has 1 atom stereocenters. The first kappa shape index (κ1) is 15.3. The summed E-state index contributed by atoms with van der Waals surface area (Å²) in [4.78, 5) is 11.7. The van der Waals surface area contributed by atoms with Gasteiger partial charge in [0.15, 0.2) is 0 Å². The molecule has 1 unspecified atom stereocenters. The van der Waals surface area contributed by atoms with Crippen LogP contribution < -0.4 is 5.32 Å². The van der Waals surface area contributed by atoms with Crippen molar-refractivity contribution < 1.29 is 18.0 Å². The SMILES string of the molecule is C=CCC(C)NC(=O)Cc1ccccc1C(F)(F)F. The molecule has 0 heterocycles. The van der Waals surface area contributed by atoms with Crippen LogP contribution in [0.25, 0.3) is 0 Å². The third-order valence-electron chi connectivity index (χ3n) is 2.60. The number of rotatable bonds is 5. The lowest BCUT2D eigenvalue weighted by molar-refractivity contribution is -0.138. The number of hydrogen-bond donors (Lipinski definition) is 1. The van der Waals surface area contributed by atoms with E-state index in [9.17, 15) is 18.0 Å². The normalized spacial score (nSPS) is 12.8. The average Bonchev–Trinajstić information content (AvgIpc) is 2.28. The third kappa shape index (κ3) is 4.77. The van der Waals surface area contributed by atoms with Crippen molar-refractivity contribution >= 4 is 5.91 Å². The number of alkyl halides is 3. The van der Waals surface area contributed by atoms with E-state index in [4.69, 9.17) is 0 Å². The van der Waals surface area contributed by atoms with Gasteiger partial charge in [-0.05, 0) is 25.0 Å². The van der Waals surface area contributed by atoms with Crippen molar-refractivity contribution in [1.29, 1.82) is 0 Å². The monoisotopic (exact) mass is 271 g/mol. The lowest BCUT2D eigenvalue weighted by Gasteiger charge is -2.14. The standard InChI is InChI=1S/C14H16F3NO/c1-3-6-10(2)18-13(19)9-11-7-4-5-8-12(11)14(15,16)17/h3-5,7-8,10H,1,6,9H2,2H3,(H,18,19). The predicted octanol–water partition coefficient (Wildman–Crippen LogP) is 3.33. The predicted molar refractivity (Wildman–Crippen MR) is 67.6 cm³/mol. The minimum absolute atomic E-state index is 0.0155. The summed E-state index contributed by atoms with van der Waals surface area (Å²) in [6.45, 7) is 5.31. The Balaban J connectivity index is 2.77. The summed E-state index contributed by atoms with van der Waals surface area (Å²) in [5.41, 5.74) is -0.778. The lowest BCUT2D eigenvalue weighted by atomic mass is 10.0. The second-order valence-corrected chi connectivity index (χ2v) is 4.32. The summed E-state index contributed by atoms with van der Waals surface area (Å²) in [7, 11) is 0. The van der Waals surface area contributed by atoms with Gasteiger partial charge in [0.1, 0.15) is 0 Å². The fraction of sp³-hybridized carbons (Fsp3) is 0.357. The summed E-state index contributed by atoms with van der Waals surface area (Å²) in [6, 6.07) is 4.97. The first-order valence-corrected chi connectivity index (χ1v) is 5.90. The van der Waals surface area contributed by atoms with Crippen LogP contribution >= 0.6 is 0 Å². The Labute approximate surface area is 110 Å². The number of halogens is 3. The molecule has 19 heavy (non-hydrogen) atoms. The maximum Gasteiger partial charge on any atom is 0.416 e. The Hall–Kier alpha value is -1.78. The Morgan fingerprint density at radius 3 is 2.63 bits per heavy atom. The summed E-state index contributed by atoms with van der Waals surface area (Å²) < 4.78 is 38.2. The van der Waals surface area contributed by atoms with Crippen molar-refractivity contribution in [3.05, 3.63) is 48.0 Å². The Bertz CT molecular complexity index is 454. The number of amides is 1. The van der Waals surface area contributed by atoms with E-state index in [2.05, 4.69) is 11.9 Å². The van der Waals surface area contributed by atoms with E-state index in [1.807, 2.05) is 0 Å². The van der Waals surface area contributed by atoms with Gasteiger partial charge in [-0.3, -0.25) is 4.79 Å². The highest BCUT2D eigenvalue weighted by molar-refractivity contribution is 5.79. The molecule has 1 amide bonds. The van der Waals surface area contributed by atoms with Crippen LogP contribution in [0, 0.1) is 0 Å². The van der Waals surface area contributed by atoms with Crippen molar-refractivity contribution in [2.75, 3.05) is 0 Å². The number of benzene rings is 1. The maximum absolute atomic E-state index is 12.7. The van der Waals surface area contributed by atoms with Crippen LogP contribution in [0.4, 0.5) is 13.2 Å². The molecule has 0 aromatic heterocycles. The molecular weight excluding hydrogens is 255 g/mol. The minimum atomic E-state index is -4.44. The average molecular weight is 271 g/mol. The van der Waals surface area contributed by atoms with Gasteiger partial charge in [0.2, 0.25) is 5.91 Å². The van der Waals surface area contributed by atoms with Crippen LogP contribution in [-0.4, -0.2) is 11.9 Å². The molecule has 2 nitrogen and oxygen atoms in total. The van der Waals surface area contributed by atoms with E-state index >= 15 is 0 Å². The first-order chi connectivity index (χ1) is 8.84. The zero-order chi connectivity index (χ0) is 14.5. The van der Waals surface area contributed by atoms with Crippen molar-refractivity contribution in [3.63, 3.8) is 0 Å². The van der Waals surface area contributed by atoms with Crippen LogP contribution in [0.15, 0.2) is 36.9 Å². The molecule has 0 fully saturated rings. The van der Waals surface area contributed by atoms with Gasteiger partial charge >= 0.3 is 6.18 Å². The lowest BCUT2D eigenvalue weighted by Crippen LogP contribution is -2.33. The van der Waals surface area contributed by atoms with Gasteiger partial charge in [0.25, 0.3) is 0 Å². The van der Waals surface area contributed by atoms with E-state index in [1.165, 1.54) is 18.2 Å². The molecular formula is C14H16F3NO. The van der Waals surface area contributed by atoms with Gasteiger partial charge in [0, 0.05) is 6.04 Å². The molecule has 0 aliphatic rings. The van der Waals surface area contributed by atoms with Crippen molar-refractivity contribution in [2.45, 2.75) is 32.0 Å². The van der Waals surface area contributed by atoms with Crippen LogP contribution in [0.5, 0.6) is 0 Å². The molecule has 0 spiro atoms. The number of hydrogen-bond acceptors (Lipinski definition) is 1. The number of carbonyl (C=O) groups excluding carboxylic acids is 1. The largest absolute Gasteiger partial charge is 0.416 e. The highest BCUT2D eigenvalue weighted by Gasteiger charge is 2.33. The Morgan fingerprint density at radius 1 is 1.42 bits per heavy atom. The summed E-state index contributed by atoms with van der Waals surface area (Å²) in [6.07, 6.45) is -2.50. The highest BCUT2D eigenvalue weighted by atomic mass is 19.4. The molecule has 0 aliphatic heterocycles. The molecule has 104 valence electrons. The van der Waals surface area contributed by atoms with Gasteiger partial charge in [-0.1, -0.05) is 24.3 Å². The van der Waals surface area contributed by atoms with Crippen LogP contribution in [0.2, 0.25) is 0 Å². The van der Waals surface area contributed by atoms with Crippen molar-refractivity contribution in [1.82, 2.24) is 5.32 Å².